The molecule has 1 aromatic rings. The number of amides is 2. The van der Waals surface area contributed by atoms with Crippen molar-refractivity contribution in [3.63, 3.8) is 0 Å². The number of phenolic OH excluding ortho intramolecular Hbond substituents is 2. The molecule has 8 nitrogen and oxygen atoms in total. The van der Waals surface area contributed by atoms with Crippen molar-refractivity contribution in [2.24, 2.45) is 5.90 Å². The van der Waals surface area contributed by atoms with Crippen LogP contribution < -0.4 is 11.2 Å². The van der Waals surface area contributed by atoms with Crippen molar-refractivity contribution in [3.8, 4) is 11.5 Å². The number of nitrogens with two attached hydrogens (primary N) is 1. The molecule has 24 heavy (non-hydrogen) atoms. The van der Waals surface area contributed by atoms with Gasteiger partial charge in [-0.2, -0.15) is 5.90 Å². The molecule has 1 saturated heterocycles. The van der Waals surface area contributed by atoms with Crippen molar-refractivity contribution >= 4 is 6.03 Å². The van der Waals surface area contributed by atoms with Crippen LogP contribution in [0.4, 0.5) is 4.79 Å². The molecule has 0 radical (unpaired) electrons. The molecule has 0 saturated carbocycles. The van der Waals surface area contributed by atoms with Gasteiger partial charge in [0.25, 0.3) is 0 Å². The highest BCUT2D eigenvalue weighted by Gasteiger charge is 2.21. The number of urea groups is 1. The zero-order chi connectivity index (χ0) is 17.5. The van der Waals surface area contributed by atoms with E-state index in [0.29, 0.717) is 38.4 Å². The lowest BCUT2D eigenvalue weighted by molar-refractivity contribution is 0.137. The van der Waals surface area contributed by atoms with E-state index in [1.54, 1.807) is 17.0 Å². The first-order valence-electron chi connectivity index (χ1n) is 7.49. The number of nitrogens with zero attached hydrogens (tertiary/aromatic N) is 2. The maximum atomic E-state index is 12.1. The number of hydrogen-bond acceptors (Lipinski definition) is 6. The van der Waals surface area contributed by atoms with E-state index in [1.807, 2.05) is 0 Å². The topological polar surface area (TPSA) is 111 Å². The minimum absolute atomic E-state index is 0.126. The highest BCUT2D eigenvalue weighted by molar-refractivity contribution is 5.76. The fourth-order valence-electron chi connectivity index (χ4n) is 2.41. The fourth-order valence-corrected chi connectivity index (χ4v) is 2.41. The van der Waals surface area contributed by atoms with Crippen LogP contribution in [0, 0.1) is 0 Å². The third-order valence-corrected chi connectivity index (χ3v) is 3.72. The summed E-state index contributed by atoms with van der Waals surface area (Å²) in [5, 5.41) is 21.5. The Hall–Kier alpha value is -2.71. The number of rotatable bonds is 5. The molecule has 130 valence electrons. The number of benzene rings is 1. The highest BCUT2D eigenvalue weighted by atomic mass is 16.6. The largest absolute Gasteiger partial charge is 0.504 e. The molecule has 0 aromatic heterocycles. The molecule has 0 atom stereocenters. The monoisotopic (exact) mass is 334 g/mol. The van der Waals surface area contributed by atoms with Crippen molar-refractivity contribution < 1.29 is 19.8 Å². The van der Waals surface area contributed by atoms with Crippen LogP contribution in [0.1, 0.15) is 5.56 Å². The Balaban J connectivity index is 1.80. The van der Waals surface area contributed by atoms with Gasteiger partial charge in [-0.25, -0.2) is 4.79 Å². The zero-order valence-corrected chi connectivity index (χ0v) is 13.3. The van der Waals surface area contributed by atoms with Gasteiger partial charge in [0.2, 0.25) is 0 Å². The quantitative estimate of drug-likeness (QED) is 0.275. The van der Waals surface area contributed by atoms with Gasteiger partial charge >= 0.3 is 6.03 Å². The Kier molecular flexibility index (Phi) is 6.05. The van der Waals surface area contributed by atoms with Crippen LogP contribution in [0.2, 0.25) is 0 Å². The number of piperazine rings is 1. The molecule has 2 amide bonds. The Morgan fingerprint density at radius 2 is 2.00 bits per heavy atom. The van der Waals surface area contributed by atoms with Crippen LogP contribution in [0.3, 0.4) is 0 Å². The van der Waals surface area contributed by atoms with Gasteiger partial charge in [-0.3, -0.25) is 4.90 Å². The van der Waals surface area contributed by atoms with Gasteiger partial charge in [0.05, 0.1) is 0 Å². The molecule has 0 spiro atoms. The lowest BCUT2D eigenvalue weighted by Crippen LogP contribution is -2.51. The molecule has 1 fully saturated rings. The molecule has 0 unspecified atom stereocenters. The van der Waals surface area contributed by atoms with Crippen LogP contribution in [0.5, 0.6) is 11.5 Å². The lowest BCUT2D eigenvalue weighted by Gasteiger charge is -2.34. The Labute approximate surface area is 140 Å². The van der Waals surface area contributed by atoms with E-state index in [4.69, 9.17) is 5.90 Å². The second kappa shape index (κ2) is 8.23. The highest BCUT2D eigenvalue weighted by Crippen LogP contribution is 2.25. The summed E-state index contributed by atoms with van der Waals surface area (Å²) in [6.07, 6.45) is 2.69. The van der Waals surface area contributed by atoms with E-state index in [9.17, 15) is 15.0 Å². The molecule has 0 aliphatic carbocycles. The standard InChI is InChI=1S/C16H22N4O4/c1-12(4-9-24-17)18-16(23)20-7-5-19(6-8-20)11-13-2-3-14(21)15(22)10-13/h2-4,9-10,21-22H,1,5-8,11,17H2,(H,18,23)/b9-4-. The van der Waals surface area contributed by atoms with Crippen molar-refractivity contribution in [3.05, 3.63) is 48.4 Å². The number of carbonyl (C=O) groups is 1. The van der Waals surface area contributed by atoms with Crippen molar-refractivity contribution in [1.29, 1.82) is 0 Å². The molecule has 0 bridgehead atoms. The predicted octanol–water partition coefficient (Wildman–Crippen LogP) is 0.843. The number of carbonyl (C=O) groups excluding carboxylic acids is 1. The van der Waals surface area contributed by atoms with E-state index in [2.05, 4.69) is 21.6 Å². The first-order chi connectivity index (χ1) is 11.5. The second-order valence-electron chi connectivity index (χ2n) is 5.48. The second-order valence-corrected chi connectivity index (χ2v) is 5.48. The van der Waals surface area contributed by atoms with Crippen LogP contribution in [-0.4, -0.2) is 52.2 Å². The van der Waals surface area contributed by atoms with Gasteiger partial charge < -0.3 is 25.3 Å². The average molecular weight is 334 g/mol. The number of hydrogen-bond donors (Lipinski definition) is 4. The van der Waals surface area contributed by atoms with Crippen LogP contribution >= 0.6 is 0 Å². The summed E-state index contributed by atoms with van der Waals surface area (Å²) >= 11 is 0. The Morgan fingerprint density at radius 3 is 2.62 bits per heavy atom. The molecule has 8 heteroatoms. The van der Waals surface area contributed by atoms with Gasteiger partial charge in [0.1, 0.15) is 6.26 Å². The van der Waals surface area contributed by atoms with E-state index in [1.165, 1.54) is 18.4 Å². The number of nitrogens with one attached hydrogen (secondary N) is 1. The van der Waals surface area contributed by atoms with E-state index < -0.39 is 0 Å². The number of aromatic hydroxyl groups is 2. The number of phenols is 2. The van der Waals surface area contributed by atoms with Crippen molar-refractivity contribution in [2.75, 3.05) is 26.2 Å². The maximum absolute atomic E-state index is 12.1. The molecular formula is C16H22N4O4. The Bertz CT molecular complexity index is 625. The summed E-state index contributed by atoms with van der Waals surface area (Å²) in [5.41, 5.74) is 1.30. The number of allylic oxidation sites excluding steroid dienone is 1. The van der Waals surface area contributed by atoms with Crippen LogP contribution in [0.25, 0.3) is 0 Å². The summed E-state index contributed by atoms with van der Waals surface area (Å²) in [6, 6.07) is 4.57. The maximum Gasteiger partial charge on any atom is 0.321 e. The van der Waals surface area contributed by atoms with E-state index in [0.717, 1.165) is 5.56 Å². The molecule has 5 N–H and O–H groups in total. The molecule has 1 aromatic carbocycles. The van der Waals surface area contributed by atoms with Crippen molar-refractivity contribution in [1.82, 2.24) is 15.1 Å². The summed E-state index contributed by atoms with van der Waals surface area (Å²) in [5.74, 6) is 4.60. The van der Waals surface area contributed by atoms with Crippen molar-refractivity contribution in [2.45, 2.75) is 6.54 Å². The van der Waals surface area contributed by atoms with Gasteiger partial charge in [0, 0.05) is 38.4 Å². The third-order valence-electron chi connectivity index (χ3n) is 3.72. The minimum Gasteiger partial charge on any atom is -0.504 e. The smallest absolute Gasteiger partial charge is 0.321 e. The molecule has 1 aliphatic heterocycles. The van der Waals surface area contributed by atoms with E-state index in [-0.39, 0.29) is 17.5 Å². The van der Waals surface area contributed by atoms with Gasteiger partial charge in [-0.05, 0) is 23.8 Å². The Morgan fingerprint density at radius 1 is 1.29 bits per heavy atom. The molecule has 1 heterocycles. The zero-order valence-electron chi connectivity index (χ0n) is 13.3. The summed E-state index contributed by atoms with van der Waals surface area (Å²) < 4.78 is 0. The first kappa shape index (κ1) is 17.6. The van der Waals surface area contributed by atoms with Crippen LogP contribution in [0.15, 0.2) is 42.8 Å². The van der Waals surface area contributed by atoms with Crippen LogP contribution in [-0.2, 0) is 11.4 Å². The fraction of sp³-hybridized carbons (Fsp3) is 0.312. The van der Waals surface area contributed by atoms with Gasteiger partial charge in [-0.15, -0.1) is 0 Å². The van der Waals surface area contributed by atoms with E-state index >= 15 is 0 Å². The third kappa shape index (κ3) is 4.90. The molecule has 1 aliphatic rings. The SMILES string of the molecule is C=C(/C=C\ON)NC(=O)N1CCN(Cc2ccc(O)c(O)c2)CC1. The average Bonchev–Trinajstić information content (AvgIpc) is 2.57. The first-order valence-corrected chi connectivity index (χ1v) is 7.49. The molecule has 2 rings (SSSR count). The summed E-state index contributed by atoms with van der Waals surface area (Å²) in [6.45, 7) is 6.91. The predicted molar refractivity (Wildman–Crippen MR) is 88.7 cm³/mol. The minimum atomic E-state index is -0.219. The van der Waals surface area contributed by atoms with Gasteiger partial charge in [-0.1, -0.05) is 12.6 Å². The van der Waals surface area contributed by atoms with Gasteiger partial charge in [0.15, 0.2) is 11.5 Å². The lowest BCUT2D eigenvalue weighted by atomic mass is 10.1. The molecular weight excluding hydrogens is 312 g/mol. The summed E-state index contributed by atoms with van der Waals surface area (Å²) in [7, 11) is 0. The summed E-state index contributed by atoms with van der Waals surface area (Å²) in [4.78, 5) is 20.2. The normalized spacial score (nSPS) is 15.5.